The Bertz CT molecular complexity index is 788. The molecule has 0 saturated carbocycles. The molecule has 0 aliphatic heterocycles. The molecule has 1 aromatic carbocycles. The fourth-order valence-corrected chi connectivity index (χ4v) is 2.55. The van der Waals surface area contributed by atoms with Gasteiger partial charge in [-0.1, -0.05) is 11.6 Å². The summed E-state index contributed by atoms with van der Waals surface area (Å²) in [7, 11) is 1.44. The molecule has 7 nitrogen and oxygen atoms in total. The van der Waals surface area contributed by atoms with E-state index < -0.39 is 18.5 Å². The Kier molecular flexibility index (Phi) is 7.12. The van der Waals surface area contributed by atoms with Crippen molar-refractivity contribution in [1.29, 1.82) is 0 Å². The van der Waals surface area contributed by atoms with Gasteiger partial charge in [0, 0.05) is 0 Å². The number of esters is 1. The highest BCUT2D eigenvalue weighted by Gasteiger charge is 2.19. The summed E-state index contributed by atoms with van der Waals surface area (Å²) < 4.78 is 21.1. The zero-order chi connectivity index (χ0) is 20.0. The predicted molar refractivity (Wildman–Crippen MR) is 99.3 cm³/mol. The summed E-state index contributed by atoms with van der Waals surface area (Å²) >= 11 is 6.19. The molecule has 0 radical (unpaired) electrons. The van der Waals surface area contributed by atoms with Crippen LogP contribution in [0.2, 0.25) is 5.02 Å². The van der Waals surface area contributed by atoms with Crippen molar-refractivity contribution in [3.05, 3.63) is 46.9 Å². The Morgan fingerprint density at radius 2 is 2.00 bits per heavy atom. The van der Waals surface area contributed by atoms with Crippen molar-refractivity contribution in [2.45, 2.75) is 32.9 Å². The molecule has 2 aromatic rings. The van der Waals surface area contributed by atoms with Crippen LogP contribution < -0.4 is 14.8 Å². The molecule has 27 heavy (non-hydrogen) atoms. The van der Waals surface area contributed by atoms with E-state index in [0.29, 0.717) is 17.3 Å². The molecule has 1 atom stereocenters. The Morgan fingerprint density at radius 1 is 1.26 bits per heavy atom. The first-order valence-electron chi connectivity index (χ1n) is 8.36. The number of amides is 1. The summed E-state index contributed by atoms with van der Waals surface area (Å²) in [4.78, 5) is 24.2. The summed E-state index contributed by atoms with van der Waals surface area (Å²) in [5.74, 6) is 0.0962. The van der Waals surface area contributed by atoms with Gasteiger partial charge in [-0.3, -0.25) is 4.79 Å². The molecule has 1 aromatic heterocycles. The van der Waals surface area contributed by atoms with Crippen molar-refractivity contribution in [2.24, 2.45) is 0 Å². The van der Waals surface area contributed by atoms with Gasteiger partial charge in [-0.25, -0.2) is 4.79 Å². The third kappa shape index (κ3) is 5.65. The van der Waals surface area contributed by atoms with Crippen molar-refractivity contribution in [3.8, 4) is 11.5 Å². The smallest absolute Gasteiger partial charge is 0.338 e. The second kappa shape index (κ2) is 9.32. The molecule has 1 amide bonds. The molecule has 2 rings (SSSR count). The zero-order valence-corrected chi connectivity index (χ0v) is 16.3. The number of furan rings is 1. The van der Waals surface area contributed by atoms with E-state index in [9.17, 15) is 9.59 Å². The third-order valence-corrected chi connectivity index (χ3v) is 3.78. The molecule has 8 heteroatoms. The molecule has 0 aliphatic carbocycles. The summed E-state index contributed by atoms with van der Waals surface area (Å²) in [6, 6.07) is 5.99. The minimum Gasteiger partial charge on any atom is -0.493 e. The Morgan fingerprint density at radius 3 is 2.59 bits per heavy atom. The number of hydrogen-bond acceptors (Lipinski definition) is 6. The Balaban J connectivity index is 1.99. The van der Waals surface area contributed by atoms with Crippen LogP contribution in [-0.2, 0) is 9.53 Å². The van der Waals surface area contributed by atoms with E-state index in [2.05, 4.69) is 5.32 Å². The molecule has 0 aliphatic rings. The van der Waals surface area contributed by atoms with Gasteiger partial charge in [0.2, 0.25) is 0 Å². The van der Waals surface area contributed by atoms with Gasteiger partial charge in [0.25, 0.3) is 5.91 Å². The minimum atomic E-state index is -0.702. The van der Waals surface area contributed by atoms with E-state index in [4.69, 9.17) is 30.2 Å². The number of halogens is 1. The number of ether oxygens (including phenoxy) is 3. The van der Waals surface area contributed by atoms with Crippen molar-refractivity contribution < 1.29 is 28.2 Å². The van der Waals surface area contributed by atoms with Crippen LogP contribution in [-0.4, -0.2) is 31.7 Å². The molecular formula is C19H22ClNO6. The molecular weight excluding hydrogens is 374 g/mol. The molecule has 1 heterocycles. The molecule has 1 N–H and O–H groups in total. The lowest BCUT2D eigenvalue weighted by atomic mass is 10.2. The predicted octanol–water partition coefficient (Wildman–Crippen LogP) is 3.76. The topological polar surface area (TPSA) is 87.0 Å². The molecule has 0 spiro atoms. The fourth-order valence-electron chi connectivity index (χ4n) is 2.29. The Hall–Kier alpha value is -2.67. The van der Waals surface area contributed by atoms with Crippen LogP contribution in [0.5, 0.6) is 11.5 Å². The van der Waals surface area contributed by atoms with E-state index in [-0.39, 0.29) is 22.7 Å². The average Bonchev–Trinajstić information content (AvgIpc) is 3.15. The maximum absolute atomic E-state index is 12.2. The first-order valence-corrected chi connectivity index (χ1v) is 8.73. The van der Waals surface area contributed by atoms with Gasteiger partial charge in [-0.15, -0.1) is 0 Å². The van der Waals surface area contributed by atoms with E-state index in [1.165, 1.54) is 25.5 Å². The first-order chi connectivity index (χ1) is 12.8. The molecule has 0 fully saturated rings. The molecule has 146 valence electrons. The normalized spacial score (nSPS) is 11.8. The van der Waals surface area contributed by atoms with Gasteiger partial charge in [0.1, 0.15) is 5.76 Å². The maximum atomic E-state index is 12.2. The van der Waals surface area contributed by atoms with Gasteiger partial charge in [-0.2, -0.15) is 0 Å². The number of nitrogens with one attached hydrogen (secondary N) is 1. The molecule has 0 saturated heterocycles. The first kappa shape index (κ1) is 20.6. The van der Waals surface area contributed by atoms with Gasteiger partial charge in [-0.05, 0) is 45.0 Å². The van der Waals surface area contributed by atoms with Crippen LogP contribution in [0.1, 0.15) is 42.9 Å². The van der Waals surface area contributed by atoms with Gasteiger partial charge >= 0.3 is 5.97 Å². The largest absolute Gasteiger partial charge is 0.493 e. The number of hydrogen-bond donors (Lipinski definition) is 1. The summed E-state index contributed by atoms with van der Waals surface area (Å²) in [5.41, 5.74) is 0.153. The number of rotatable bonds is 8. The van der Waals surface area contributed by atoms with Crippen LogP contribution in [0.4, 0.5) is 0 Å². The van der Waals surface area contributed by atoms with E-state index in [1.807, 2.05) is 13.8 Å². The lowest BCUT2D eigenvalue weighted by Gasteiger charge is -2.16. The van der Waals surface area contributed by atoms with E-state index in [1.54, 1.807) is 19.1 Å². The van der Waals surface area contributed by atoms with Crippen LogP contribution in [0, 0.1) is 0 Å². The van der Waals surface area contributed by atoms with Crippen LogP contribution in [0.15, 0.2) is 34.9 Å². The summed E-state index contributed by atoms with van der Waals surface area (Å²) in [6.07, 6.45) is 1.40. The second-order valence-electron chi connectivity index (χ2n) is 6.04. The highest BCUT2D eigenvalue weighted by Crippen LogP contribution is 2.37. The number of carbonyl (C=O) groups excluding carboxylic acids is 2. The summed E-state index contributed by atoms with van der Waals surface area (Å²) in [5, 5.41) is 2.89. The lowest BCUT2D eigenvalue weighted by molar-refractivity contribution is -0.125. The zero-order valence-electron chi connectivity index (χ0n) is 15.6. The Labute approximate surface area is 162 Å². The highest BCUT2D eigenvalue weighted by atomic mass is 35.5. The number of methoxy groups -OCH3 is 1. The third-order valence-electron chi connectivity index (χ3n) is 3.50. The standard InChI is InChI=1S/C19H22ClNO6/c1-11(2)27-18-14(20)8-13(9-16(18)24-4)19(23)26-10-17(22)21-12(3)15-6-5-7-25-15/h5-9,11-12H,10H2,1-4H3,(H,21,22)/t12-/m1/s1. The monoisotopic (exact) mass is 395 g/mol. The average molecular weight is 396 g/mol. The summed E-state index contributed by atoms with van der Waals surface area (Å²) in [6.45, 7) is 5.02. The molecule has 0 bridgehead atoms. The van der Waals surface area contributed by atoms with Gasteiger partial charge in [0.05, 0.1) is 36.1 Å². The van der Waals surface area contributed by atoms with E-state index >= 15 is 0 Å². The van der Waals surface area contributed by atoms with E-state index in [0.717, 1.165) is 0 Å². The minimum absolute atomic E-state index is 0.117. The number of benzene rings is 1. The highest BCUT2D eigenvalue weighted by molar-refractivity contribution is 6.32. The lowest BCUT2D eigenvalue weighted by Crippen LogP contribution is -2.31. The maximum Gasteiger partial charge on any atom is 0.338 e. The fraction of sp³-hybridized carbons (Fsp3) is 0.368. The van der Waals surface area contributed by atoms with Crippen molar-refractivity contribution >= 4 is 23.5 Å². The van der Waals surface area contributed by atoms with Gasteiger partial charge in [0.15, 0.2) is 18.1 Å². The van der Waals surface area contributed by atoms with Crippen molar-refractivity contribution in [1.82, 2.24) is 5.32 Å². The quantitative estimate of drug-likeness (QED) is 0.685. The molecule has 0 unspecified atom stereocenters. The van der Waals surface area contributed by atoms with Crippen molar-refractivity contribution in [2.75, 3.05) is 13.7 Å². The van der Waals surface area contributed by atoms with Crippen LogP contribution >= 0.6 is 11.6 Å². The van der Waals surface area contributed by atoms with Crippen molar-refractivity contribution in [3.63, 3.8) is 0 Å². The van der Waals surface area contributed by atoms with Crippen LogP contribution in [0.25, 0.3) is 0 Å². The van der Waals surface area contributed by atoms with Gasteiger partial charge < -0.3 is 23.9 Å². The second-order valence-corrected chi connectivity index (χ2v) is 6.44. The SMILES string of the molecule is COc1cc(C(=O)OCC(=O)N[C@H](C)c2ccco2)cc(Cl)c1OC(C)C. The van der Waals surface area contributed by atoms with Crippen LogP contribution in [0.3, 0.4) is 0 Å². The number of carbonyl (C=O) groups is 2.